The molecular weight excluding hydrogens is 264 g/mol. The van der Waals surface area contributed by atoms with E-state index in [9.17, 15) is 5.11 Å². The molecule has 0 aromatic carbocycles. The van der Waals surface area contributed by atoms with Crippen molar-refractivity contribution >= 4 is 11.6 Å². The van der Waals surface area contributed by atoms with Crippen LogP contribution in [0.4, 0.5) is 11.6 Å². The molecule has 0 amide bonds. The molecule has 2 N–H and O–H groups in total. The van der Waals surface area contributed by atoms with E-state index in [1.165, 1.54) is 5.56 Å². The zero-order valence-electron chi connectivity index (χ0n) is 13.6. The fourth-order valence-electron chi connectivity index (χ4n) is 2.93. The van der Waals surface area contributed by atoms with Crippen LogP contribution in [-0.2, 0) is 0 Å². The molecule has 1 aliphatic rings. The van der Waals surface area contributed by atoms with Crippen LogP contribution < -0.4 is 10.2 Å². The minimum Gasteiger partial charge on any atom is -0.393 e. The van der Waals surface area contributed by atoms with Crippen molar-refractivity contribution in [3.63, 3.8) is 0 Å². The topological polar surface area (TPSA) is 61.3 Å². The molecule has 0 unspecified atom stereocenters. The Hall–Kier alpha value is -1.36. The summed E-state index contributed by atoms with van der Waals surface area (Å²) in [5.74, 6) is 2.92. The Kier molecular flexibility index (Phi) is 5.39. The van der Waals surface area contributed by atoms with Crippen LogP contribution in [-0.4, -0.2) is 41.3 Å². The van der Waals surface area contributed by atoms with Gasteiger partial charge in [0.25, 0.3) is 0 Å². The first-order valence-corrected chi connectivity index (χ1v) is 8.00. The smallest absolute Gasteiger partial charge is 0.137 e. The van der Waals surface area contributed by atoms with Gasteiger partial charge < -0.3 is 15.3 Å². The third-order valence-electron chi connectivity index (χ3n) is 4.09. The molecule has 0 atom stereocenters. The second-order valence-corrected chi connectivity index (χ2v) is 6.41. The molecule has 0 saturated heterocycles. The highest BCUT2D eigenvalue weighted by molar-refractivity contribution is 5.60. The van der Waals surface area contributed by atoms with Crippen LogP contribution in [0.25, 0.3) is 0 Å². The van der Waals surface area contributed by atoms with Crippen molar-refractivity contribution < 1.29 is 5.11 Å². The van der Waals surface area contributed by atoms with E-state index in [1.807, 2.05) is 0 Å². The van der Waals surface area contributed by atoms with Crippen LogP contribution in [0.5, 0.6) is 0 Å². The molecule has 0 bridgehead atoms. The fraction of sp³-hybridized carbons (Fsp3) is 0.750. The summed E-state index contributed by atoms with van der Waals surface area (Å²) in [6, 6.07) is 0. The lowest BCUT2D eigenvalue weighted by Gasteiger charge is -2.35. The van der Waals surface area contributed by atoms with E-state index in [0.717, 1.165) is 44.0 Å². The molecular formula is C16H28N4O. The Morgan fingerprint density at radius 1 is 1.38 bits per heavy atom. The van der Waals surface area contributed by atoms with Gasteiger partial charge in [0.05, 0.1) is 6.10 Å². The third kappa shape index (κ3) is 3.84. The fourth-order valence-corrected chi connectivity index (χ4v) is 2.93. The summed E-state index contributed by atoms with van der Waals surface area (Å²) in [6.07, 6.45) is 4.44. The van der Waals surface area contributed by atoms with E-state index in [-0.39, 0.29) is 6.10 Å². The van der Waals surface area contributed by atoms with Gasteiger partial charge in [0.2, 0.25) is 0 Å². The van der Waals surface area contributed by atoms with Gasteiger partial charge in [-0.05, 0) is 31.1 Å². The van der Waals surface area contributed by atoms with Crippen LogP contribution >= 0.6 is 0 Å². The summed E-state index contributed by atoms with van der Waals surface area (Å²) in [7, 11) is 2.09. The molecule has 2 rings (SSSR count). The van der Waals surface area contributed by atoms with E-state index in [0.29, 0.717) is 11.8 Å². The Bertz CT molecular complexity index is 458. The van der Waals surface area contributed by atoms with Gasteiger partial charge >= 0.3 is 0 Å². The van der Waals surface area contributed by atoms with Gasteiger partial charge in [0, 0.05) is 25.7 Å². The normalized spacial score (nSPS) is 21.2. The van der Waals surface area contributed by atoms with E-state index in [2.05, 4.69) is 48.0 Å². The maximum atomic E-state index is 9.43. The number of nitrogens with one attached hydrogen (secondary N) is 1. The molecule has 1 fully saturated rings. The summed E-state index contributed by atoms with van der Waals surface area (Å²) in [5, 5.41) is 12.8. The average Bonchev–Trinajstić information content (AvgIpc) is 2.42. The number of nitrogens with zero attached hydrogens (tertiary/aromatic N) is 3. The first-order valence-electron chi connectivity index (χ1n) is 8.00. The molecule has 0 radical (unpaired) electrons. The molecule has 1 aliphatic carbocycles. The van der Waals surface area contributed by atoms with Gasteiger partial charge in [0.15, 0.2) is 0 Å². The molecule has 1 heterocycles. The number of hydrogen-bond donors (Lipinski definition) is 2. The third-order valence-corrected chi connectivity index (χ3v) is 4.09. The summed E-state index contributed by atoms with van der Waals surface area (Å²) >= 11 is 0. The largest absolute Gasteiger partial charge is 0.393 e. The van der Waals surface area contributed by atoms with Crippen LogP contribution in [0.15, 0.2) is 6.33 Å². The number of rotatable bonds is 7. The Balaban J connectivity index is 2.16. The SMILES string of the molecule is CCCNc1ncnc(N(C)CC2CC(O)C2)c1C(C)C. The summed E-state index contributed by atoms with van der Waals surface area (Å²) in [5.41, 5.74) is 1.19. The Labute approximate surface area is 127 Å². The monoisotopic (exact) mass is 292 g/mol. The molecule has 118 valence electrons. The molecule has 1 saturated carbocycles. The number of aromatic nitrogens is 2. The van der Waals surface area contributed by atoms with Crippen LogP contribution in [0.2, 0.25) is 0 Å². The minimum atomic E-state index is -0.0971. The number of aliphatic hydroxyl groups excluding tert-OH is 1. The van der Waals surface area contributed by atoms with Crippen LogP contribution in [0.1, 0.15) is 51.5 Å². The van der Waals surface area contributed by atoms with Crippen molar-refractivity contribution in [2.45, 2.75) is 52.1 Å². The predicted octanol–water partition coefficient (Wildman–Crippen LogP) is 2.63. The first-order chi connectivity index (χ1) is 10.0. The van der Waals surface area contributed by atoms with Crippen molar-refractivity contribution in [1.29, 1.82) is 0 Å². The second-order valence-electron chi connectivity index (χ2n) is 6.41. The lowest BCUT2D eigenvalue weighted by molar-refractivity contribution is 0.0464. The van der Waals surface area contributed by atoms with Crippen molar-refractivity contribution in [3.8, 4) is 0 Å². The van der Waals surface area contributed by atoms with Gasteiger partial charge in [-0.2, -0.15) is 0 Å². The molecule has 0 aliphatic heterocycles. The lowest BCUT2D eigenvalue weighted by Crippen LogP contribution is -2.37. The van der Waals surface area contributed by atoms with Crippen LogP contribution in [0, 0.1) is 5.92 Å². The Morgan fingerprint density at radius 2 is 2.10 bits per heavy atom. The molecule has 5 nitrogen and oxygen atoms in total. The lowest BCUT2D eigenvalue weighted by atomic mass is 9.82. The molecule has 5 heteroatoms. The number of anilines is 2. The second kappa shape index (κ2) is 7.07. The zero-order chi connectivity index (χ0) is 15.4. The summed E-state index contributed by atoms with van der Waals surface area (Å²) < 4.78 is 0. The standard InChI is InChI=1S/C16H28N4O/c1-5-6-17-15-14(11(2)3)16(19-10-18-15)20(4)9-12-7-13(21)8-12/h10-13,21H,5-9H2,1-4H3,(H,17,18,19). The van der Waals surface area contributed by atoms with Gasteiger partial charge in [-0.25, -0.2) is 9.97 Å². The molecule has 0 spiro atoms. The van der Waals surface area contributed by atoms with Gasteiger partial charge in [-0.3, -0.25) is 0 Å². The van der Waals surface area contributed by atoms with Crippen molar-refractivity contribution in [2.24, 2.45) is 5.92 Å². The van der Waals surface area contributed by atoms with E-state index < -0.39 is 0 Å². The van der Waals surface area contributed by atoms with Gasteiger partial charge in [-0.15, -0.1) is 0 Å². The molecule has 1 aromatic rings. The highest BCUT2D eigenvalue weighted by atomic mass is 16.3. The number of hydrogen-bond acceptors (Lipinski definition) is 5. The molecule has 21 heavy (non-hydrogen) atoms. The average molecular weight is 292 g/mol. The summed E-state index contributed by atoms with van der Waals surface area (Å²) in [6.45, 7) is 8.38. The van der Waals surface area contributed by atoms with Crippen molar-refractivity contribution in [3.05, 3.63) is 11.9 Å². The predicted molar refractivity (Wildman–Crippen MR) is 86.9 cm³/mol. The van der Waals surface area contributed by atoms with E-state index in [4.69, 9.17) is 0 Å². The van der Waals surface area contributed by atoms with Gasteiger partial charge in [-0.1, -0.05) is 20.8 Å². The highest BCUT2D eigenvalue weighted by Gasteiger charge is 2.29. The number of aliphatic hydroxyl groups is 1. The maximum absolute atomic E-state index is 9.43. The van der Waals surface area contributed by atoms with E-state index in [1.54, 1.807) is 6.33 Å². The molecule has 1 aromatic heterocycles. The highest BCUT2D eigenvalue weighted by Crippen LogP contribution is 2.33. The van der Waals surface area contributed by atoms with Crippen molar-refractivity contribution in [2.75, 3.05) is 30.4 Å². The zero-order valence-corrected chi connectivity index (χ0v) is 13.6. The maximum Gasteiger partial charge on any atom is 0.137 e. The first kappa shape index (κ1) is 16.0. The van der Waals surface area contributed by atoms with Gasteiger partial charge in [0.1, 0.15) is 18.0 Å². The minimum absolute atomic E-state index is 0.0971. The quantitative estimate of drug-likeness (QED) is 0.809. The Morgan fingerprint density at radius 3 is 2.67 bits per heavy atom. The summed E-state index contributed by atoms with van der Waals surface area (Å²) in [4.78, 5) is 11.1. The van der Waals surface area contributed by atoms with E-state index >= 15 is 0 Å². The van der Waals surface area contributed by atoms with Crippen molar-refractivity contribution in [1.82, 2.24) is 9.97 Å². The van der Waals surface area contributed by atoms with Crippen LogP contribution in [0.3, 0.4) is 0 Å².